The average Bonchev–Trinajstić information content (AvgIpc) is 2.10. The number of benzene rings is 1. The molecular formula is C10H11ClFN. The molecule has 1 unspecified atom stereocenters. The highest BCUT2D eigenvalue weighted by atomic mass is 35.5. The first-order valence-electron chi connectivity index (χ1n) is 3.97. The molecule has 70 valence electrons. The Kier molecular flexibility index (Phi) is 3.46. The van der Waals surface area contributed by atoms with E-state index in [0.717, 1.165) is 0 Å². The highest BCUT2D eigenvalue weighted by molar-refractivity contribution is 6.31. The summed E-state index contributed by atoms with van der Waals surface area (Å²) < 4.78 is 13.0. The molecule has 0 fully saturated rings. The lowest BCUT2D eigenvalue weighted by molar-refractivity contribution is 0.620. The molecule has 0 bridgehead atoms. The summed E-state index contributed by atoms with van der Waals surface area (Å²) >= 11 is 5.73. The Bertz CT molecular complexity index is 312. The van der Waals surface area contributed by atoms with Gasteiger partial charge in [-0.15, -0.1) is 6.58 Å². The molecule has 0 spiro atoms. The first-order chi connectivity index (χ1) is 6.16. The molecule has 0 aliphatic carbocycles. The fraction of sp³-hybridized carbons (Fsp3) is 0.200. The molecule has 0 saturated heterocycles. The maximum Gasteiger partial charge on any atom is 0.142 e. The van der Waals surface area contributed by atoms with Crippen LogP contribution >= 0.6 is 11.6 Å². The predicted molar refractivity (Wildman–Crippen MR) is 53.2 cm³/mol. The quantitative estimate of drug-likeness (QED) is 0.744. The van der Waals surface area contributed by atoms with Crippen molar-refractivity contribution in [3.05, 3.63) is 47.3 Å². The molecule has 0 radical (unpaired) electrons. The van der Waals surface area contributed by atoms with Crippen LogP contribution in [0, 0.1) is 5.82 Å². The van der Waals surface area contributed by atoms with E-state index in [-0.39, 0.29) is 11.1 Å². The van der Waals surface area contributed by atoms with Crippen molar-refractivity contribution in [2.24, 2.45) is 5.73 Å². The van der Waals surface area contributed by atoms with Gasteiger partial charge in [-0.25, -0.2) is 4.39 Å². The molecule has 2 N–H and O–H groups in total. The average molecular weight is 200 g/mol. The van der Waals surface area contributed by atoms with Crippen molar-refractivity contribution in [1.29, 1.82) is 0 Å². The van der Waals surface area contributed by atoms with Gasteiger partial charge in [0, 0.05) is 6.04 Å². The number of nitrogens with two attached hydrogens (primary N) is 1. The summed E-state index contributed by atoms with van der Waals surface area (Å²) in [6.45, 7) is 3.56. The van der Waals surface area contributed by atoms with E-state index < -0.39 is 5.82 Å². The lowest BCUT2D eigenvalue weighted by atomic mass is 10.0. The maximum atomic E-state index is 13.0. The van der Waals surface area contributed by atoms with Gasteiger partial charge in [0.1, 0.15) is 5.82 Å². The standard InChI is InChI=1S/C10H11ClFN/c1-2-4-9(13)7-5-3-6-8(12)10(7)11/h2-3,5-6,9H,1,4,13H2. The van der Waals surface area contributed by atoms with Gasteiger partial charge < -0.3 is 5.73 Å². The SMILES string of the molecule is C=CCC(N)c1cccc(F)c1Cl. The van der Waals surface area contributed by atoms with Crippen molar-refractivity contribution in [3.63, 3.8) is 0 Å². The minimum absolute atomic E-state index is 0.108. The summed E-state index contributed by atoms with van der Waals surface area (Å²) in [6.07, 6.45) is 2.27. The molecule has 1 aromatic rings. The van der Waals surface area contributed by atoms with Gasteiger partial charge in [0.2, 0.25) is 0 Å². The summed E-state index contributed by atoms with van der Waals surface area (Å²) in [5, 5.41) is 0.108. The molecule has 1 rings (SSSR count). The Morgan fingerprint density at radius 1 is 1.62 bits per heavy atom. The Morgan fingerprint density at radius 3 is 2.92 bits per heavy atom. The van der Waals surface area contributed by atoms with E-state index in [4.69, 9.17) is 17.3 Å². The fourth-order valence-electron chi connectivity index (χ4n) is 1.11. The van der Waals surface area contributed by atoms with Gasteiger partial charge in [-0.3, -0.25) is 0 Å². The summed E-state index contributed by atoms with van der Waals surface area (Å²) in [5.74, 6) is -0.432. The summed E-state index contributed by atoms with van der Waals surface area (Å²) in [5.41, 5.74) is 6.38. The normalized spacial score (nSPS) is 12.5. The highest BCUT2D eigenvalue weighted by Crippen LogP contribution is 2.25. The molecule has 0 aliphatic heterocycles. The summed E-state index contributed by atoms with van der Waals surface area (Å²) in [4.78, 5) is 0. The Morgan fingerprint density at radius 2 is 2.31 bits per heavy atom. The number of hydrogen-bond donors (Lipinski definition) is 1. The molecule has 0 aliphatic rings. The Hall–Kier alpha value is -0.860. The minimum Gasteiger partial charge on any atom is -0.324 e. The molecular weight excluding hydrogens is 189 g/mol. The van der Waals surface area contributed by atoms with Gasteiger partial charge in [-0.05, 0) is 18.1 Å². The van der Waals surface area contributed by atoms with Crippen molar-refractivity contribution in [1.82, 2.24) is 0 Å². The smallest absolute Gasteiger partial charge is 0.142 e. The van der Waals surface area contributed by atoms with Crippen molar-refractivity contribution < 1.29 is 4.39 Å². The van der Waals surface area contributed by atoms with Crippen LogP contribution in [0.25, 0.3) is 0 Å². The second-order valence-corrected chi connectivity index (χ2v) is 3.15. The second-order valence-electron chi connectivity index (χ2n) is 2.77. The van der Waals surface area contributed by atoms with Crippen molar-refractivity contribution in [2.75, 3.05) is 0 Å². The Balaban J connectivity index is 3.00. The molecule has 1 atom stereocenters. The molecule has 0 heterocycles. The lowest BCUT2D eigenvalue weighted by Crippen LogP contribution is -2.10. The Labute approximate surface area is 82.0 Å². The van der Waals surface area contributed by atoms with Crippen LogP contribution in [0.3, 0.4) is 0 Å². The molecule has 0 aromatic heterocycles. The van der Waals surface area contributed by atoms with Gasteiger partial charge in [0.15, 0.2) is 0 Å². The molecule has 13 heavy (non-hydrogen) atoms. The molecule has 3 heteroatoms. The third-order valence-electron chi connectivity index (χ3n) is 1.80. The zero-order valence-corrected chi connectivity index (χ0v) is 7.89. The van der Waals surface area contributed by atoms with Gasteiger partial charge >= 0.3 is 0 Å². The zero-order valence-electron chi connectivity index (χ0n) is 7.13. The maximum absolute atomic E-state index is 13.0. The van der Waals surface area contributed by atoms with Crippen LogP contribution < -0.4 is 5.73 Å². The number of rotatable bonds is 3. The molecule has 0 amide bonds. The lowest BCUT2D eigenvalue weighted by Gasteiger charge is -2.11. The topological polar surface area (TPSA) is 26.0 Å². The molecule has 1 nitrogen and oxygen atoms in total. The number of halogens is 2. The largest absolute Gasteiger partial charge is 0.324 e. The molecule has 0 saturated carbocycles. The van der Waals surface area contributed by atoms with Crippen molar-refractivity contribution in [3.8, 4) is 0 Å². The van der Waals surface area contributed by atoms with Gasteiger partial charge in [-0.2, -0.15) is 0 Å². The van der Waals surface area contributed by atoms with Crippen LogP contribution in [0.5, 0.6) is 0 Å². The van der Waals surface area contributed by atoms with Crippen LogP contribution in [0.15, 0.2) is 30.9 Å². The van der Waals surface area contributed by atoms with E-state index >= 15 is 0 Å². The van der Waals surface area contributed by atoms with Crippen LogP contribution in [0.1, 0.15) is 18.0 Å². The fourth-order valence-corrected chi connectivity index (χ4v) is 1.38. The van der Waals surface area contributed by atoms with E-state index in [9.17, 15) is 4.39 Å². The van der Waals surface area contributed by atoms with Crippen molar-refractivity contribution >= 4 is 11.6 Å². The first-order valence-corrected chi connectivity index (χ1v) is 4.35. The van der Waals surface area contributed by atoms with Crippen LogP contribution in [0.4, 0.5) is 4.39 Å². The van der Waals surface area contributed by atoms with E-state index in [0.29, 0.717) is 12.0 Å². The van der Waals surface area contributed by atoms with E-state index in [2.05, 4.69) is 6.58 Å². The molecule has 1 aromatic carbocycles. The van der Waals surface area contributed by atoms with Crippen LogP contribution in [-0.2, 0) is 0 Å². The number of hydrogen-bond acceptors (Lipinski definition) is 1. The van der Waals surface area contributed by atoms with Crippen LogP contribution in [0.2, 0.25) is 5.02 Å². The minimum atomic E-state index is -0.432. The monoisotopic (exact) mass is 199 g/mol. The third-order valence-corrected chi connectivity index (χ3v) is 2.20. The summed E-state index contributed by atoms with van der Waals surface area (Å²) in [7, 11) is 0. The van der Waals surface area contributed by atoms with Crippen molar-refractivity contribution in [2.45, 2.75) is 12.5 Å². The van der Waals surface area contributed by atoms with E-state index in [1.807, 2.05) is 0 Å². The predicted octanol–water partition coefficient (Wildman–Crippen LogP) is 3.06. The first kappa shape index (κ1) is 10.2. The van der Waals surface area contributed by atoms with E-state index in [1.165, 1.54) is 6.07 Å². The van der Waals surface area contributed by atoms with Gasteiger partial charge in [-0.1, -0.05) is 29.8 Å². The van der Waals surface area contributed by atoms with Gasteiger partial charge in [0.05, 0.1) is 5.02 Å². The zero-order chi connectivity index (χ0) is 9.84. The van der Waals surface area contributed by atoms with Gasteiger partial charge in [0.25, 0.3) is 0 Å². The summed E-state index contributed by atoms with van der Waals surface area (Å²) in [6, 6.07) is 4.35. The third kappa shape index (κ3) is 2.29. The highest BCUT2D eigenvalue weighted by Gasteiger charge is 2.11. The van der Waals surface area contributed by atoms with E-state index in [1.54, 1.807) is 18.2 Å². The van der Waals surface area contributed by atoms with Crippen LogP contribution in [-0.4, -0.2) is 0 Å². The second kappa shape index (κ2) is 4.40.